The topological polar surface area (TPSA) is 54.0 Å². The zero-order valence-corrected chi connectivity index (χ0v) is 17.8. The monoisotopic (exact) mass is 419 g/mol. The molecule has 2 N–H and O–H groups in total. The summed E-state index contributed by atoms with van der Waals surface area (Å²) in [6, 6.07) is 15.8. The minimum absolute atomic E-state index is 0.212. The van der Waals surface area contributed by atoms with E-state index in [4.69, 9.17) is 4.98 Å². The highest BCUT2D eigenvalue weighted by Crippen LogP contribution is 2.46. The van der Waals surface area contributed by atoms with Crippen molar-refractivity contribution in [2.24, 2.45) is 0 Å². The molecule has 0 saturated carbocycles. The zero-order chi connectivity index (χ0) is 19.8. The number of carbonyl (C=O) groups excluding carboxylic acids is 1. The van der Waals surface area contributed by atoms with E-state index in [2.05, 4.69) is 16.7 Å². The molecule has 0 bridgehead atoms. The molecule has 2 heterocycles. The summed E-state index contributed by atoms with van der Waals surface area (Å²) < 4.78 is 1.17. The second-order valence-corrected chi connectivity index (χ2v) is 9.49. The number of thiazole rings is 1. The van der Waals surface area contributed by atoms with Gasteiger partial charge in [0.1, 0.15) is 10.0 Å². The number of benzene rings is 2. The van der Waals surface area contributed by atoms with Gasteiger partial charge in [0.2, 0.25) is 0 Å². The number of urea groups is 1. The Hall–Kier alpha value is -2.70. The van der Waals surface area contributed by atoms with Crippen molar-refractivity contribution in [1.29, 1.82) is 0 Å². The van der Waals surface area contributed by atoms with Gasteiger partial charge in [0.15, 0.2) is 0 Å². The van der Waals surface area contributed by atoms with E-state index in [1.807, 2.05) is 49.4 Å². The second kappa shape index (κ2) is 7.61. The van der Waals surface area contributed by atoms with Gasteiger partial charge in [0.05, 0.1) is 10.2 Å². The standard InChI is InChI=1S/C23H21N3OS2/c1-14-7-6-8-15(13-14)24-23(27)26-22-20(16-9-2-4-11-18(16)28-22)21-25-17-10-3-5-12-19(17)29-21/h3,5-8,10,12-13H,2,4,9,11H2,1H3,(H2,24,26,27). The molecule has 4 aromatic rings. The molecule has 0 spiro atoms. The fraction of sp³-hybridized carbons (Fsp3) is 0.217. The van der Waals surface area contributed by atoms with E-state index in [1.54, 1.807) is 22.7 Å². The third kappa shape index (κ3) is 3.66. The van der Waals surface area contributed by atoms with Crippen LogP contribution in [0.15, 0.2) is 48.5 Å². The quantitative estimate of drug-likeness (QED) is 0.381. The Morgan fingerprint density at radius 3 is 2.72 bits per heavy atom. The number of hydrogen-bond donors (Lipinski definition) is 2. The number of nitrogens with one attached hydrogen (secondary N) is 2. The molecule has 0 saturated heterocycles. The Morgan fingerprint density at radius 2 is 1.86 bits per heavy atom. The van der Waals surface area contributed by atoms with Crippen molar-refractivity contribution in [1.82, 2.24) is 4.98 Å². The van der Waals surface area contributed by atoms with Crippen LogP contribution < -0.4 is 10.6 Å². The maximum Gasteiger partial charge on any atom is 0.324 e. The molecular formula is C23H21N3OS2. The van der Waals surface area contributed by atoms with Gasteiger partial charge < -0.3 is 5.32 Å². The Labute approximate surface area is 177 Å². The predicted molar refractivity (Wildman–Crippen MR) is 123 cm³/mol. The Balaban J connectivity index is 1.51. The number of hydrogen-bond acceptors (Lipinski definition) is 4. The van der Waals surface area contributed by atoms with Crippen molar-refractivity contribution in [3.8, 4) is 10.6 Å². The molecule has 0 unspecified atom stereocenters. The van der Waals surface area contributed by atoms with E-state index in [0.29, 0.717) is 0 Å². The average Bonchev–Trinajstić information content (AvgIpc) is 3.28. The smallest absolute Gasteiger partial charge is 0.308 e. The van der Waals surface area contributed by atoms with E-state index in [0.717, 1.165) is 45.2 Å². The number of thiophene rings is 1. The lowest BCUT2D eigenvalue weighted by Gasteiger charge is -2.12. The molecular weight excluding hydrogens is 398 g/mol. The molecule has 6 heteroatoms. The average molecular weight is 420 g/mol. The Morgan fingerprint density at radius 1 is 1.00 bits per heavy atom. The summed E-state index contributed by atoms with van der Waals surface area (Å²) in [4.78, 5) is 19.0. The number of amides is 2. The lowest BCUT2D eigenvalue weighted by atomic mass is 9.96. The second-order valence-electron chi connectivity index (χ2n) is 7.35. The molecule has 1 aliphatic rings. The maximum atomic E-state index is 12.7. The highest BCUT2D eigenvalue weighted by atomic mass is 32.1. The Bertz CT molecular complexity index is 1180. The van der Waals surface area contributed by atoms with Crippen LogP contribution in [0.3, 0.4) is 0 Å². The maximum absolute atomic E-state index is 12.7. The number of carbonyl (C=O) groups is 1. The number of para-hydroxylation sites is 1. The van der Waals surface area contributed by atoms with Crippen LogP contribution in [0.1, 0.15) is 28.8 Å². The SMILES string of the molecule is Cc1cccc(NC(=O)Nc2sc3c(c2-c2nc4ccccc4s2)CCCC3)c1. The lowest BCUT2D eigenvalue weighted by molar-refractivity contribution is 0.262. The van der Waals surface area contributed by atoms with Gasteiger partial charge in [-0.1, -0.05) is 24.3 Å². The predicted octanol–water partition coefficient (Wildman–Crippen LogP) is 6.86. The molecule has 29 heavy (non-hydrogen) atoms. The van der Waals surface area contributed by atoms with Crippen molar-refractivity contribution < 1.29 is 4.79 Å². The fourth-order valence-electron chi connectivity index (χ4n) is 3.85. The molecule has 5 rings (SSSR count). The van der Waals surface area contributed by atoms with Crippen molar-refractivity contribution in [3.05, 3.63) is 64.5 Å². The van der Waals surface area contributed by atoms with E-state index in [1.165, 1.54) is 28.0 Å². The summed E-state index contributed by atoms with van der Waals surface area (Å²) in [6.45, 7) is 2.02. The minimum atomic E-state index is -0.212. The number of anilines is 2. The molecule has 0 radical (unpaired) electrons. The van der Waals surface area contributed by atoms with E-state index < -0.39 is 0 Å². The van der Waals surface area contributed by atoms with Crippen LogP contribution in [-0.4, -0.2) is 11.0 Å². The largest absolute Gasteiger partial charge is 0.324 e. The number of rotatable bonds is 3. The molecule has 1 aliphatic carbocycles. The van der Waals surface area contributed by atoms with Gasteiger partial charge in [-0.05, 0) is 68.0 Å². The van der Waals surface area contributed by atoms with E-state index in [9.17, 15) is 4.79 Å². The normalized spacial score (nSPS) is 13.3. The van der Waals surface area contributed by atoms with Crippen LogP contribution in [0.4, 0.5) is 15.5 Å². The molecule has 0 aliphatic heterocycles. The van der Waals surface area contributed by atoms with Gasteiger partial charge in [-0.3, -0.25) is 5.32 Å². The van der Waals surface area contributed by atoms with E-state index >= 15 is 0 Å². The first-order chi connectivity index (χ1) is 14.2. The number of aromatic nitrogens is 1. The highest BCUT2D eigenvalue weighted by Gasteiger charge is 2.25. The van der Waals surface area contributed by atoms with Crippen LogP contribution >= 0.6 is 22.7 Å². The van der Waals surface area contributed by atoms with Gasteiger partial charge in [0.25, 0.3) is 0 Å². The van der Waals surface area contributed by atoms with Gasteiger partial charge in [0, 0.05) is 16.1 Å². The summed E-state index contributed by atoms with van der Waals surface area (Å²) in [6.07, 6.45) is 4.54. The summed E-state index contributed by atoms with van der Waals surface area (Å²) in [7, 11) is 0. The number of nitrogens with zero attached hydrogens (tertiary/aromatic N) is 1. The fourth-order valence-corrected chi connectivity index (χ4v) is 6.24. The first kappa shape index (κ1) is 18.3. The summed E-state index contributed by atoms with van der Waals surface area (Å²) in [5.41, 5.74) is 5.41. The molecule has 146 valence electrons. The van der Waals surface area contributed by atoms with Gasteiger partial charge in [-0.2, -0.15) is 0 Å². The molecule has 0 atom stereocenters. The first-order valence-electron chi connectivity index (χ1n) is 9.82. The molecule has 4 nitrogen and oxygen atoms in total. The van der Waals surface area contributed by atoms with Crippen LogP contribution in [-0.2, 0) is 12.8 Å². The van der Waals surface area contributed by atoms with Gasteiger partial charge in [-0.15, -0.1) is 22.7 Å². The van der Waals surface area contributed by atoms with Crippen molar-refractivity contribution in [3.63, 3.8) is 0 Å². The summed E-state index contributed by atoms with van der Waals surface area (Å²) in [5.74, 6) is 0. The summed E-state index contributed by atoms with van der Waals surface area (Å²) in [5, 5.41) is 7.97. The molecule has 2 aromatic carbocycles. The van der Waals surface area contributed by atoms with Crippen molar-refractivity contribution in [2.75, 3.05) is 10.6 Å². The third-order valence-corrected chi connectivity index (χ3v) is 7.44. The Kier molecular flexibility index (Phi) is 4.81. The molecule has 2 aromatic heterocycles. The van der Waals surface area contributed by atoms with E-state index in [-0.39, 0.29) is 6.03 Å². The van der Waals surface area contributed by atoms with Crippen molar-refractivity contribution in [2.45, 2.75) is 32.6 Å². The first-order valence-corrected chi connectivity index (χ1v) is 11.5. The van der Waals surface area contributed by atoms with Crippen LogP contribution in [0.2, 0.25) is 0 Å². The van der Waals surface area contributed by atoms with Crippen LogP contribution in [0.5, 0.6) is 0 Å². The van der Waals surface area contributed by atoms with Gasteiger partial charge >= 0.3 is 6.03 Å². The lowest BCUT2D eigenvalue weighted by Crippen LogP contribution is -2.19. The van der Waals surface area contributed by atoms with Crippen LogP contribution in [0.25, 0.3) is 20.8 Å². The molecule has 0 fully saturated rings. The number of fused-ring (bicyclic) bond motifs is 2. The van der Waals surface area contributed by atoms with Crippen LogP contribution in [0, 0.1) is 6.92 Å². The zero-order valence-electron chi connectivity index (χ0n) is 16.1. The van der Waals surface area contributed by atoms with Crippen molar-refractivity contribution >= 4 is 49.6 Å². The van der Waals surface area contributed by atoms with Gasteiger partial charge in [-0.25, -0.2) is 9.78 Å². The highest BCUT2D eigenvalue weighted by molar-refractivity contribution is 7.22. The summed E-state index contributed by atoms with van der Waals surface area (Å²) >= 11 is 3.40. The third-order valence-electron chi connectivity index (χ3n) is 5.18. The minimum Gasteiger partial charge on any atom is -0.308 e. The number of aryl methyl sites for hydroxylation is 2. The molecule has 2 amide bonds.